The van der Waals surface area contributed by atoms with Crippen molar-refractivity contribution in [2.45, 2.75) is 0 Å². The van der Waals surface area contributed by atoms with Crippen LogP contribution in [0.3, 0.4) is 0 Å². The molecule has 0 aromatic heterocycles. The SMILES string of the molecule is COc1[c]c2c(cc1)=NC(=O)N=2. The number of rotatable bonds is 1. The molecule has 0 spiro atoms. The van der Waals surface area contributed by atoms with E-state index in [-0.39, 0.29) is 0 Å². The number of fused-ring (bicyclic) bond motifs is 1. The van der Waals surface area contributed by atoms with Gasteiger partial charge < -0.3 is 4.74 Å². The highest BCUT2D eigenvalue weighted by molar-refractivity contribution is 5.77. The second kappa shape index (κ2) is 2.41. The van der Waals surface area contributed by atoms with E-state index in [4.69, 9.17) is 4.74 Å². The number of urea groups is 1. The van der Waals surface area contributed by atoms with E-state index in [0.29, 0.717) is 16.5 Å². The first-order chi connectivity index (χ1) is 5.79. The lowest BCUT2D eigenvalue weighted by Crippen LogP contribution is -2.21. The predicted octanol–water partition coefficient (Wildman–Crippen LogP) is -0.132. The summed E-state index contributed by atoms with van der Waals surface area (Å²) in [6.07, 6.45) is 0. The highest BCUT2D eigenvalue weighted by atomic mass is 16.5. The fourth-order valence-electron chi connectivity index (χ4n) is 0.974. The third kappa shape index (κ3) is 0.972. The van der Waals surface area contributed by atoms with Crippen molar-refractivity contribution in [2.24, 2.45) is 9.98 Å². The van der Waals surface area contributed by atoms with Crippen molar-refractivity contribution in [1.29, 1.82) is 0 Å². The van der Waals surface area contributed by atoms with E-state index < -0.39 is 6.03 Å². The van der Waals surface area contributed by atoms with Crippen molar-refractivity contribution in [3.8, 4) is 5.75 Å². The van der Waals surface area contributed by atoms with Crippen LogP contribution in [0.15, 0.2) is 22.1 Å². The van der Waals surface area contributed by atoms with Gasteiger partial charge >= 0.3 is 6.03 Å². The number of benzene rings is 1. The Balaban J connectivity index is 2.72. The number of nitrogens with zero attached hydrogens (tertiary/aromatic N) is 2. The van der Waals surface area contributed by atoms with Crippen molar-refractivity contribution in [3.05, 3.63) is 28.9 Å². The molecule has 1 aromatic carbocycles. The fraction of sp³-hybridized carbons (Fsp3) is 0.125. The molecule has 0 N–H and O–H groups in total. The van der Waals surface area contributed by atoms with E-state index in [0.717, 1.165) is 0 Å². The topological polar surface area (TPSA) is 51.0 Å². The fourth-order valence-corrected chi connectivity index (χ4v) is 0.974. The van der Waals surface area contributed by atoms with Crippen LogP contribution in [-0.2, 0) is 0 Å². The van der Waals surface area contributed by atoms with Crippen molar-refractivity contribution in [3.63, 3.8) is 0 Å². The molecule has 0 bridgehead atoms. The average Bonchev–Trinajstić information content (AvgIpc) is 2.43. The Kier molecular flexibility index (Phi) is 1.40. The molecule has 0 fully saturated rings. The van der Waals surface area contributed by atoms with Gasteiger partial charge in [-0.15, -0.1) is 0 Å². The third-order valence-electron chi connectivity index (χ3n) is 1.52. The summed E-state index contributed by atoms with van der Waals surface area (Å²) in [5.74, 6) is 0.558. The van der Waals surface area contributed by atoms with E-state index in [1.165, 1.54) is 7.11 Å². The van der Waals surface area contributed by atoms with Crippen LogP contribution in [0.4, 0.5) is 4.79 Å². The summed E-state index contributed by atoms with van der Waals surface area (Å²) in [4.78, 5) is 18.0. The molecule has 0 unspecified atom stereocenters. The van der Waals surface area contributed by atoms with Gasteiger partial charge in [0.1, 0.15) is 11.1 Å². The zero-order valence-corrected chi connectivity index (χ0v) is 6.37. The molecule has 1 aromatic rings. The number of carbonyl (C=O) groups is 1. The molecule has 0 atom stereocenters. The van der Waals surface area contributed by atoms with Gasteiger partial charge in [0.2, 0.25) is 0 Å². The van der Waals surface area contributed by atoms with Gasteiger partial charge in [0, 0.05) is 0 Å². The van der Waals surface area contributed by atoms with E-state index in [9.17, 15) is 4.79 Å². The summed E-state index contributed by atoms with van der Waals surface area (Å²) in [5.41, 5.74) is 0. The molecule has 1 aliphatic rings. The summed E-state index contributed by atoms with van der Waals surface area (Å²) >= 11 is 0. The molecular weight excluding hydrogens is 156 g/mol. The van der Waals surface area contributed by atoms with Gasteiger partial charge in [0.05, 0.1) is 18.5 Å². The molecule has 0 saturated heterocycles. The highest BCUT2D eigenvalue weighted by Crippen LogP contribution is 2.01. The van der Waals surface area contributed by atoms with Crippen molar-refractivity contribution in [1.82, 2.24) is 0 Å². The lowest BCUT2D eigenvalue weighted by molar-refractivity contribution is 0.256. The summed E-state index contributed by atoms with van der Waals surface area (Å²) in [6.45, 7) is 0. The minimum atomic E-state index is -0.477. The zero-order valence-electron chi connectivity index (χ0n) is 6.37. The summed E-state index contributed by atoms with van der Waals surface area (Å²) in [6, 6.07) is 5.69. The van der Waals surface area contributed by atoms with Crippen LogP contribution in [0.1, 0.15) is 0 Å². The van der Waals surface area contributed by atoms with Crippen LogP contribution < -0.4 is 15.5 Å². The lowest BCUT2D eigenvalue weighted by atomic mass is 10.3. The van der Waals surface area contributed by atoms with E-state index >= 15 is 0 Å². The van der Waals surface area contributed by atoms with Crippen LogP contribution >= 0.6 is 0 Å². The molecule has 1 radical (unpaired) electrons. The molecule has 1 aliphatic heterocycles. The average molecular weight is 161 g/mol. The molecule has 1 heterocycles. The molecule has 2 rings (SSSR count). The largest absolute Gasteiger partial charge is 0.496 e. The maximum atomic E-state index is 10.7. The molecule has 4 heteroatoms. The van der Waals surface area contributed by atoms with E-state index in [2.05, 4.69) is 16.1 Å². The van der Waals surface area contributed by atoms with Gasteiger partial charge in [-0.05, 0) is 12.1 Å². The number of ether oxygens (including phenoxy) is 1. The Morgan fingerprint density at radius 1 is 1.42 bits per heavy atom. The molecule has 0 saturated carbocycles. The number of carbonyl (C=O) groups excluding carboxylic acids is 1. The standard InChI is InChI=1S/C8H5N2O2/c1-12-5-2-3-6-7(4-5)10-8(11)9-6/h2-3H,1H3. The molecular formula is C8H5N2O2. The van der Waals surface area contributed by atoms with Crippen LogP contribution in [-0.4, -0.2) is 13.1 Å². The Morgan fingerprint density at radius 2 is 2.25 bits per heavy atom. The molecule has 2 amide bonds. The predicted molar refractivity (Wildman–Crippen MR) is 39.5 cm³/mol. The number of amides is 2. The monoisotopic (exact) mass is 161 g/mol. The van der Waals surface area contributed by atoms with E-state index in [1.807, 2.05) is 0 Å². The Hall–Kier alpha value is -1.71. The number of hydrogen-bond donors (Lipinski definition) is 0. The first kappa shape index (κ1) is 6.97. The second-order valence-electron chi connectivity index (χ2n) is 2.27. The minimum absolute atomic E-state index is 0.458. The van der Waals surface area contributed by atoms with Crippen molar-refractivity contribution in [2.75, 3.05) is 7.11 Å². The van der Waals surface area contributed by atoms with Gasteiger partial charge in [0.25, 0.3) is 0 Å². The smallest absolute Gasteiger partial charge is 0.368 e. The quantitative estimate of drug-likeness (QED) is 0.576. The number of methoxy groups -OCH3 is 1. The van der Waals surface area contributed by atoms with E-state index in [1.54, 1.807) is 12.1 Å². The van der Waals surface area contributed by atoms with Gasteiger partial charge in [-0.25, -0.2) is 4.79 Å². The molecule has 12 heavy (non-hydrogen) atoms. The Labute approximate surface area is 68.2 Å². The molecule has 4 nitrogen and oxygen atoms in total. The zero-order chi connectivity index (χ0) is 8.55. The maximum absolute atomic E-state index is 10.7. The van der Waals surface area contributed by atoms with Gasteiger partial charge in [-0.3, -0.25) is 0 Å². The second-order valence-corrected chi connectivity index (χ2v) is 2.27. The van der Waals surface area contributed by atoms with Crippen LogP contribution in [0, 0.1) is 6.07 Å². The normalized spacial score (nSPS) is 13.2. The molecule has 0 aliphatic carbocycles. The van der Waals surface area contributed by atoms with Crippen LogP contribution in [0.5, 0.6) is 5.75 Å². The van der Waals surface area contributed by atoms with Gasteiger partial charge in [-0.2, -0.15) is 9.98 Å². The highest BCUT2D eigenvalue weighted by Gasteiger charge is 2.05. The van der Waals surface area contributed by atoms with Crippen molar-refractivity contribution < 1.29 is 9.53 Å². The van der Waals surface area contributed by atoms with Crippen LogP contribution in [0.25, 0.3) is 0 Å². The van der Waals surface area contributed by atoms with Crippen molar-refractivity contribution >= 4 is 6.03 Å². The Bertz CT molecular complexity index is 451. The van der Waals surface area contributed by atoms with Gasteiger partial charge in [-0.1, -0.05) is 0 Å². The summed E-state index contributed by atoms with van der Waals surface area (Å²) < 4.78 is 4.91. The maximum Gasteiger partial charge on any atom is 0.368 e. The lowest BCUT2D eigenvalue weighted by Gasteiger charge is -1.93. The minimum Gasteiger partial charge on any atom is -0.496 e. The summed E-state index contributed by atoms with van der Waals surface area (Å²) in [7, 11) is 1.53. The first-order valence-electron chi connectivity index (χ1n) is 3.37. The third-order valence-corrected chi connectivity index (χ3v) is 1.52. The van der Waals surface area contributed by atoms with Gasteiger partial charge in [0.15, 0.2) is 0 Å². The Morgan fingerprint density at radius 3 is 3.00 bits per heavy atom. The van der Waals surface area contributed by atoms with Crippen LogP contribution in [0.2, 0.25) is 0 Å². The molecule has 59 valence electrons. The first-order valence-corrected chi connectivity index (χ1v) is 3.37. The number of hydrogen-bond acceptors (Lipinski definition) is 2. The summed E-state index contributed by atoms with van der Waals surface area (Å²) in [5, 5.41) is 1.01.